The average molecular weight is 528 g/mol. The Hall–Kier alpha value is -2.67. The van der Waals surface area contributed by atoms with Gasteiger partial charge in [0.15, 0.2) is 0 Å². The number of ether oxygens (including phenoxy) is 1. The maximum atomic E-state index is 13.1. The van der Waals surface area contributed by atoms with Crippen molar-refractivity contribution in [2.75, 3.05) is 7.11 Å². The van der Waals surface area contributed by atoms with E-state index in [9.17, 15) is 13.2 Å². The lowest BCUT2D eigenvalue weighted by atomic mass is 9.98. The molecule has 0 aliphatic carbocycles. The highest BCUT2D eigenvalue weighted by Crippen LogP contribution is 2.25. The minimum atomic E-state index is -3.71. The molecule has 1 unspecified atom stereocenters. The molecule has 0 fully saturated rings. The maximum absolute atomic E-state index is 13.1. The molecular formula is C29H34ClNO4S. The second-order valence-electron chi connectivity index (χ2n) is 8.88. The van der Waals surface area contributed by atoms with Crippen LogP contribution < -0.4 is 4.72 Å². The van der Waals surface area contributed by atoms with E-state index >= 15 is 0 Å². The molecule has 3 aromatic rings. The van der Waals surface area contributed by atoms with Gasteiger partial charge in [-0.25, -0.2) is 13.1 Å². The zero-order valence-electron chi connectivity index (χ0n) is 20.7. The van der Waals surface area contributed by atoms with Crippen molar-refractivity contribution in [2.24, 2.45) is 0 Å². The summed E-state index contributed by atoms with van der Waals surface area (Å²) in [6.07, 6.45) is 6.54. The van der Waals surface area contributed by atoms with E-state index in [1.807, 2.05) is 30.3 Å². The number of halogens is 1. The molecule has 5 nitrogen and oxygen atoms in total. The molecule has 1 N–H and O–H groups in total. The van der Waals surface area contributed by atoms with E-state index in [0.717, 1.165) is 43.2 Å². The number of unbranched alkanes of at least 4 members (excludes halogenated alkanes) is 2. The fourth-order valence-corrected chi connectivity index (χ4v) is 5.50. The first-order valence-electron chi connectivity index (χ1n) is 12.3. The van der Waals surface area contributed by atoms with Gasteiger partial charge in [-0.3, -0.25) is 4.79 Å². The maximum Gasteiger partial charge on any atom is 0.305 e. The van der Waals surface area contributed by atoms with Crippen LogP contribution >= 0.6 is 11.6 Å². The fourth-order valence-electron chi connectivity index (χ4n) is 4.12. The number of rotatable bonds is 14. The predicted octanol–water partition coefficient (Wildman–Crippen LogP) is 6.66. The lowest BCUT2D eigenvalue weighted by Gasteiger charge is -2.20. The number of sulfonamides is 1. The van der Waals surface area contributed by atoms with Crippen LogP contribution in [-0.4, -0.2) is 21.5 Å². The van der Waals surface area contributed by atoms with Crippen molar-refractivity contribution in [1.29, 1.82) is 0 Å². The third-order valence-corrected chi connectivity index (χ3v) is 7.92. The van der Waals surface area contributed by atoms with E-state index in [1.54, 1.807) is 12.1 Å². The Balaban J connectivity index is 1.65. The smallest absolute Gasteiger partial charge is 0.305 e. The van der Waals surface area contributed by atoms with Crippen molar-refractivity contribution in [3.05, 3.63) is 101 Å². The van der Waals surface area contributed by atoms with Gasteiger partial charge >= 0.3 is 5.97 Å². The molecule has 0 saturated heterocycles. The third-order valence-electron chi connectivity index (χ3n) is 6.18. The monoisotopic (exact) mass is 527 g/mol. The largest absolute Gasteiger partial charge is 0.469 e. The van der Waals surface area contributed by atoms with Crippen LogP contribution in [0.1, 0.15) is 61.3 Å². The number of hydrogen-bond acceptors (Lipinski definition) is 4. The van der Waals surface area contributed by atoms with Crippen LogP contribution in [0.25, 0.3) is 0 Å². The first-order chi connectivity index (χ1) is 17.4. The molecule has 36 heavy (non-hydrogen) atoms. The zero-order chi connectivity index (χ0) is 25.8. The Bertz CT molecular complexity index is 1180. The molecule has 1 atom stereocenters. The topological polar surface area (TPSA) is 72.5 Å². The highest BCUT2D eigenvalue weighted by Gasteiger charge is 2.21. The summed E-state index contributed by atoms with van der Waals surface area (Å²) in [4.78, 5) is 11.5. The number of methoxy groups -OCH3 is 1. The van der Waals surface area contributed by atoms with Gasteiger partial charge in [0.25, 0.3) is 0 Å². The van der Waals surface area contributed by atoms with Crippen molar-refractivity contribution in [1.82, 2.24) is 4.72 Å². The zero-order valence-corrected chi connectivity index (χ0v) is 22.2. The van der Waals surface area contributed by atoms with Gasteiger partial charge in [-0.1, -0.05) is 79.0 Å². The number of benzene rings is 3. The van der Waals surface area contributed by atoms with Crippen LogP contribution in [0.2, 0.25) is 5.02 Å². The molecular weight excluding hydrogens is 494 g/mol. The lowest BCUT2D eigenvalue weighted by Crippen LogP contribution is -2.28. The highest BCUT2D eigenvalue weighted by molar-refractivity contribution is 7.89. The molecule has 0 spiro atoms. The van der Waals surface area contributed by atoms with Gasteiger partial charge in [-0.2, -0.15) is 0 Å². The molecule has 0 aromatic heterocycles. The Morgan fingerprint density at radius 3 is 2.14 bits per heavy atom. The Kier molecular flexibility index (Phi) is 11.0. The van der Waals surface area contributed by atoms with Crippen molar-refractivity contribution in [3.8, 4) is 0 Å². The van der Waals surface area contributed by atoms with E-state index < -0.39 is 10.0 Å². The van der Waals surface area contributed by atoms with Gasteiger partial charge in [0, 0.05) is 17.5 Å². The summed E-state index contributed by atoms with van der Waals surface area (Å²) in [6.45, 7) is 0. The second kappa shape index (κ2) is 14.2. The summed E-state index contributed by atoms with van der Waals surface area (Å²) in [5.74, 6) is -0.212. The Morgan fingerprint density at radius 1 is 0.833 bits per heavy atom. The van der Waals surface area contributed by atoms with Crippen molar-refractivity contribution in [3.63, 3.8) is 0 Å². The minimum absolute atomic E-state index is 0.195. The molecule has 0 heterocycles. The van der Waals surface area contributed by atoms with Crippen LogP contribution in [0.15, 0.2) is 83.8 Å². The van der Waals surface area contributed by atoms with Crippen LogP contribution in [0.4, 0.5) is 0 Å². The number of hydrogen-bond donors (Lipinski definition) is 1. The summed E-state index contributed by atoms with van der Waals surface area (Å²) < 4.78 is 33.8. The van der Waals surface area contributed by atoms with Crippen LogP contribution in [-0.2, 0) is 32.4 Å². The van der Waals surface area contributed by atoms with E-state index in [1.165, 1.54) is 24.8 Å². The van der Waals surface area contributed by atoms with Gasteiger partial charge in [0.2, 0.25) is 10.0 Å². The number of esters is 1. The summed E-state index contributed by atoms with van der Waals surface area (Å²) in [7, 11) is -2.31. The van der Waals surface area contributed by atoms with E-state index in [-0.39, 0.29) is 16.9 Å². The SMILES string of the molecule is COC(=O)CCCc1ccc(C(CCCCCc2ccccc2)NS(=O)(=O)c2ccc(Cl)cc2)cc1. The highest BCUT2D eigenvalue weighted by atomic mass is 35.5. The molecule has 0 saturated carbocycles. The molecule has 0 amide bonds. The first-order valence-corrected chi connectivity index (χ1v) is 14.2. The molecule has 3 rings (SSSR count). The quantitative estimate of drug-likeness (QED) is 0.188. The lowest BCUT2D eigenvalue weighted by molar-refractivity contribution is -0.140. The molecule has 7 heteroatoms. The van der Waals surface area contributed by atoms with Gasteiger partial charge in [0.1, 0.15) is 0 Å². The number of nitrogens with one attached hydrogen (secondary N) is 1. The minimum Gasteiger partial charge on any atom is -0.469 e. The first kappa shape index (κ1) is 27.9. The van der Waals surface area contributed by atoms with E-state index in [0.29, 0.717) is 24.3 Å². The summed E-state index contributed by atoms with van der Waals surface area (Å²) in [5.41, 5.74) is 3.34. The average Bonchev–Trinajstić information content (AvgIpc) is 2.89. The standard InChI is InChI=1S/C29H34ClNO4S/c1-35-29(32)14-8-12-24-15-17-25(18-16-24)28(13-7-3-6-11-23-9-4-2-5-10-23)31-36(33,34)27-21-19-26(30)20-22-27/h2,4-5,9-10,15-22,28,31H,3,6-8,11-14H2,1H3. The predicted molar refractivity (Wildman–Crippen MR) is 145 cm³/mol. The Morgan fingerprint density at radius 2 is 1.47 bits per heavy atom. The van der Waals surface area contributed by atoms with Crippen LogP contribution in [0.3, 0.4) is 0 Å². The second-order valence-corrected chi connectivity index (χ2v) is 11.0. The Labute approximate surface area is 219 Å². The van der Waals surface area contributed by atoms with Crippen molar-refractivity contribution in [2.45, 2.75) is 62.3 Å². The fraction of sp³-hybridized carbons (Fsp3) is 0.345. The molecule has 0 radical (unpaired) electrons. The van der Waals surface area contributed by atoms with Gasteiger partial charge in [-0.05, 0) is 73.1 Å². The summed E-state index contributed by atoms with van der Waals surface area (Å²) >= 11 is 5.94. The molecule has 3 aromatic carbocycles. The third kappa shape index (κ3) is 9.08. The van der Waals surface area contributed by atoms with Crippen molar-refractivity contribution >= 4 is 27.6 Å². The van der Waals surface area contributed by atoms with E-state index in [4.69, 9.17) is 16.3 Å². The van der Waals surface area contributed by atoms with Crippen LogP contribution in [0, 0.1) is 0 Å². The van der Waals surface area contributed by atoms with Gasteiger partial charge in [0.05, 0.1) is 12.0 Å². The normalized spacial score (nSPS) is 12.3. The van der Waals surface area contributed by atoms with E-state index in [2.05, 4.69) is 29.0 Å². The van der Waals surface area contributed by atoms with Crippen LogP contribution in [0.5, 0.6) is 0 Å². The van der Waals surface area contributed by atoms with Gasteiger partial charge in [-0.15, -0.1) is 0 Å². The molecule has 0 aliphatic rings. The number of carbonyl (C=O) groups is 1. The molecule has 0 bridgehead atoms. The van der Waals surface area contributed by atoms with Gasteiger partial charge < -0.3 is 4.74 Å². The molecule has 192 valence electrons. The summed E-state index contributed by atoms with van der Waals surface area (Å²) in [5, 5.41) is 0.492. The van der Waals surface area contributed by atoms with Crippen molar-refractivity contribution < 1.29 is 17.9 Å². The summed E-state index contributed by atoms with van der Waals surface area (Å²) in [6, 6.07) is 24.2. The number of carbonyl (C=O) groups excluding carboxylic acids is 1. The molecule has 0 aliphatic heterocycles. The number of aryl methyl sites for hydroxylation is 2.